The van der Waals surface area contributed by atoms with E-state index in [2.05, 4.69) is 13.5 Å². The van der Waals surface area contributed by atoms with E-state index in [0.717, 1.165) is 18.2 Å². The smallest absolute Gasteiger partial charge is 1.00 e. The van der Waals surface area contributed by atoms with Crippen molar-refractivity contribution in [2.24, 2.45) is 0 Å². The molecule has 3 nitrogen and oxygen atoms in total. The number of ether oxygens (including phenoxy) is 1. The van der Waals surface area contributed by atoms with Crippen LogP contribution in [0.4, 0.5) is 0 Å². The van der Waals surface area contributed by atoms with Crippen molar-refractivity contribution in [3.8, 4) is 0 Å². The van der Waals surface area contributed by atoms with Gasteiger partial charge in [0.05, 0.1) is 0 Å². The summed E-state index contributed by atoms with van der Waals surface area (Å²) in [6, 6.07) is 9.87. The molecule has 1 aromatic rings. The van der Waals surface area contributed by atoms with Crippen molar-refractivity contribution in [3.63, 3.8) is 0 Å². The maximum absolute atomic E-state index is 10.4. The average Bonchev–Trinajstić information content (AvgIpc) is 2.30. The number of carbonyl (C=O) groups excluding carboxylic acids is 1. The predicted molar refractivity (Wildman–Crippen MR) is 76.4 cm³/mol. The van der Waals surface area contributed by atoms with Crippen LogP contribution in [0, 0.1) is 6.92 Å². The molecule has 0 amide bonds. The number of rotatable bonds is 4. The molecule has 0 unspecified atom stereocenters. The zero-order valence-corrected chi connectivity index (χ0v) is 13.8. The summed E-state index contributed by atoms with van der Waals surface area (Å²) in [6.45, 7) is 8.17. The fraction of sp³-hybridized carbons (Fsp3) is 0.286. The first kappa shape index (κ1) is 23.4. The number of nitrogens with zero attached hydrogens (tertiary/aromatic N) is 1. The zero-order chi connectivity index (χ0) is 13.1. The Morgan fingerprint density at radius 1 is 1.37 bits per heavy atom. The van der Waals surface area contributed by atoms with Crippen LogP contribution in [0.5, 0.6) is 0 Å². The van der Waals surface area contributed by atoms with Crippen LogP contribution in [-0.4, -0.2) is 61.2 Å². The largest absolute Gasteiger partial charge is 2.00 e. The summed E-state index contributed by atoms with van der Waals surface area (Å²) in [4.78, 5) is 12.4. The second-order valence-corrected chi connectivity index (χ2v) is 3.66. The predicted octanol–water partition coefficient (Wildman–Crippen LogP) is -1.23. The molecule has 0 aromatic heterocycles. The first-order valence-corrected chi connectivity index (χ1v) is 5.37. The Labute approximate surface area is 138 Å². The van der Waals surface area contributed by atoms with Crippen LogP contribution >= 0.6 is 0 Å². The molecule has 0 fully saturated rings. The SMILES string of the molecule is C=CC(=O)OCCN(C)C.[CH2-]c1ccccc1.[Cl-].[Mg+2]. The van der Waals surface area contributed by atoms with Gasteiger partial charge in [-0.15, -0.1) is 12.1 Å². The Hall–Kier alpha value is -0.684. The Kier molecular flexibility index (Phi) is 18.9. The number of hydrogen-bond donors (Lipinski definition) is 0. The van der Waals surface area contributed by atoms with Gasteiger partial charge in [0.15, 0.2) is 0 Å². The number of esters is 1. The summed E-state index contributed by atoms with van der Waals surface area (Å²) in [7, 11) is 3.84. The quantitative estimate of drug-likeness (QED) is 0.301. The average molecular weight is 294 g/mol. The molecule has 0 N–H and O–H groups in total. The summed E-state index contributed by atoms with van der Waals surface area (Å²) in [6.07, 6.45) is 1.16. The van der Waals surface area contributed by atoms with Gasteiger partial charge < -0.3 is 22.0 Å². The fourth-order valence-corrected chi connectivity index (χ4v) is 0.866. The van der Waals surface area contributed by atoms with Crippen LogP contribution in [-0.2, 0) is 9.53 Å². The van der Waals surface area contributed by atoms with Crippen molar-refractivity contribution < 1.29 is 21.9 Å². The molecule has 0 aliphatic carbocycles. The van der Waals surface area contributed by atoms with Gasteiger partial charge in [-0.25, -0.2) is 4.79 Å². The third-order valence-electron chi connectivity index (χ3n) is 1.79. The maximum Gasteiger partial charge on any atom is 2.00 e. The van der Waals surface area contributed by atoms with Crippen LogP contribution in [0.1, 0.15) is 5.56 Å². The van der Waals surface area contributed by atoms with Crippen molar-refractivity contribution in [3.05, 3.63) is 55.5 Å². The molecular weight excluding hydrogens is 274 g/mol. The Balaban J connectivity index is -0.000000253. The number of halogens is 1. The van der Waals surface area contributed by atoms with E-state index >= 15 is 0 Å². The van der Waals surface area contributed by atoms with E-state index in [1.807, 2.05) is 49.3 Å². The van der Waals surface area contributed by atoms with Crippen LogP contribution < -0.4 is 12.4 Å². The molecule has 0 aliphatic rings. The molecule has 0 saturated carbocycles. The molecular formula is C14H20ClMgNO2. The second kappa shape index (κ2) is 15.4. The third kappa shape index (κ3) is 17.3. The summed E-state index contributed by atoms with van der Waals surface area (Å²) in [5, 5.41) is 0. The van der Waals surface area contributed by atoms with Crippen molar-refractivity contribution in [2.45, 2.75) is 0 Å². The molecule has 0 bridgehead atoms. The van der Waals surface area contributed by atoms with Crippen LogP contribution in [0.15, 0.2) is 43.0 Å². The molecule has 1 aromatic carbocycles. The molecule has 0 aliphatic heterocycles. The Bertz CT molecular complexity index is 331. The van der Waals surface area contributed by atoms with E-state index in [-0.39, 0.29) is 41.4 Å². The van der Waals surface area contributed by atoms with E-state index in [9.17, 15) is 4.79 Å². The Morgan fingerprint density at radius 2 is 1.89 bits per heavy atom. The monoisotopic (exact) mass is 293 g/mol. The summed E-state index contributed by atoms with van der Waals surface area (Å²) in [5.41, 5.74) is 1.07. The molecule has 0 spiro atoms. The number of carbonyl (C=O) groups is 1. The molecule has 102 valence electrons. The minimum Gasteiger partial charge on any atom is -1.00 e. The molecule has 0 heterocycles. The van der Waals surface area contributed by atoms with Crippen LogP contribution in [0.25, 0.3) is 0 Å². The maximum atomic E-state index is 10.4. The van der Waals surface area contributed by atoms with Gasteiger partial charge in [-0.3, -0.25) is 0 Å². The van der Waals surface area contributed by atoms with Crippen LogP contribution in [0.3, 0.4) is 0 Å². The summed E-state index contributed by atoms with van der Waals surface area (Å²) >= 11 is 0. The number of benzene rings is 1. The van der Waals surface area contributed by atoms with Gasteiger partial charge in [0.2, 0.25) is 0 Å². The molecule has 0 atom stereocenters. The summed E-state index contributed by atoms with van der Waals surface area (Å²) < 4.78 is 4.70. The molecule has 0 saturated heterocycles. The van der Waals surface area contributed by atoms with Gasteiger partial charge in [-0.1, -0.05) is 12.6 Å². The minimum atomic E-state index is -0.359. The van der Waals surface area contributed by atoms with Crippen molar-refractivity contribution in [2.75, 3.05) is 27.2 Å². The van der Waals surface area contributed by atoms with Gasteiger partial charge in [0.25, 0.3) is 0 Å². The van der Waals surface area contributed by atoms with Gasteiger partial charge >= 0.3 is 29.0 Å². The number of hydrogen-bond acceptors (Lipinski definition) is 3. The van der Waals surface area contributed by atoms with E-state index < -0.39 is 0 Å². The van der Waals surface area contributed by atoms with E-state index in [0.29, 0.717) is 6.61 Å². The molecule has 0 radical (unpaired) electrons. The summed E-state index contributed by atoms with van der Waals surface area (Å²) in [5.74, 6) is -0.359. The Morgan fingerprint density at radius 3 is 2.21 bits per heavy atom. The minimum absolute atomic E-state index is 0. The molecule has 19 heavy (non-hydrogen) atoms. The zero-order valence-electron chi connectivity index (χ0n) is 11.6. The second-order valence-electron chi connectivity index (χ2n) is 3.66. The first-order valence-electron chi connectivity index (χ1n) is 5.37. The van der Waals surface area contributed by atoms with E-state index in [1.165, 1.54) is 0 Å². The van der Waals surface area contributed by atoms with E-state index in [1.54, 1.807) is 0 Å². The van der Waals surface area contributed by atoms with Gasteiger partial charge in [-0.05, 0) is 14.1 Å². The van der Waals surface area contributed by atoms with Gasteiger partial charge in [0, 0.05) is 12.6 Å². The fourth-order valence-electron chi connectivity index (χ4n) is 0.866. The van der Waals surface area contributed by atoms with Crippen molar-refractivity contribution >= 4 is 29.0 Å². The molecule has 1 rings (SSSR count). The van der Waals surface area contributed by atoms with Gasteiger partial charge in [0.1, 0.15) is 6.61 Å². The first-order chi connectivity index (χ1) is 8.06. The van der Waals surface area contributed by atoms with Crippen molar-refractivity contribution in [1.82, 2.24) is 4.90 Å². The topological polar surface area (TPSA) is 29.5 Å². The molecule has 5 heteroatoms. The van der Waals surface area contributed by atoms with E-state index in [4.69, 9.17) is 4.74 Å². The van der Waals surface area contributed by atoms with Crippen LogP contribution in [0.2, 0.25) is 0 Å². The van der Waals surface area contributed by atoms with Crippen molar-refractivity contribution in [1.29, 1.82) is 0 Å². The normalized spacial score (nSPS) is 8.16. The third-order valence-corrected chi connectivity index (χ3v) is 1.79. The number of likely N-dealkylation sites (N-methyl/N-ethyl adjacent to an activating group) is 1. The standard InChI is InChI=1S/C7H13NO2.C7H7.ClH.Mg/c1-4-7(9)10-6-5-8(2)3;1-7-5-3-2-4-6-7;;/h4H,1,5-6H2,2-3H3;2-6H,1H2;1H;/q;-1;;+2/p-1. The van der Waals surface area contributed by atoms with Gasteiger partial charge in [-0.2, -0.15) is 24.6 Å².